The molecule has 0 heterocycles. The number of hydrogen-bond acceptors (Lipinski definition) is 7. The number of allylic oxidation sites excluding steroid dienone is 10. The normalized spacial score (nSPS) is 13.5. The van der Waals surface area contributed by atoms with Gasteiger partial charge in [-0.05, 0) is 57.8 Å². The van der Waals surface area contributed by atoms with Crippen LogP contribution in [0.4, 0.5) is 0 Å². The van der Waals surface area contributed by atoms with Gasteiger partial charge in [0.25, 0.3) is 0 Å². The average molecular weight is 1190 g/mol. The van der Waals surface area contributed by atoms with E-state index in [1.165, 1.54) is 238 Å². The molecule has 1 N–H and O–H groups in total. The summed E-state index contributed by atoms with van der Waals surface area (Å²) in [6.07, 6.45) is 84.8. The molecule has 0 aromatic rings. The Hall–Kier alpha value is -2.29. The summed E-state index contributed by atoms with van der Waals surface area (Å²) in [7, 11) is 1.49. The van der Waals surface area contributed by atoms with Crippen molar-refractivity contribution in [2.45, 2.75) is 347 Å². The zero-order valence-corrected chi connectivity index (χ0v) is 56.3. The fourth-order valence-electron chi connectivity index (χ4n) is 10.4. The lowest BCUT2D eigenvalue weighted by atomic mass is 10.0. The summed E-state index contributed by atoms with van der Waals surface area (Å²) < 4.78 is 34.7. The second-order valence-electron chi connectivity index (χ2n) is 25.3. The summed E-state index contributed by atoms with van der Waals surface area (Å²) in [6, 6.07) is 0. The minimum atomic E-state index is -4.39. The molecule has 0 aliphatic carbocycles. The summed E-state index contributed by atoms with van der Waals surface area (Å²) in [5.41, 5.74) is 0. The van der Waals surface area contributed by atoms with Crippen LogP contribution in [0.3, 0.4) is 0 Å². The SMILES string of the molecule is CC/C=C\C/C=C\C/C=C\C/C=C\C/C=C\CCCCCCCCCCCCCCCC(=O)OC(COC(=O)CCCCCCCCCCCCCCCCCCCCCCCCCCCCCCCC)COP(=O)(O)OCC[N+](C)(C)C. The lowest BCUT2D eigenvalue weighted by molar-refractivity contribution is -0.870. The van der Waals surface area contributed by atoms with Crippen molar-refractivity contribution in [1.82, 2.24) is 0 Å². The van der Waals surface area contributed by atoms with E-state index in [9.17, 15) is 19.0 Å². The maximum Gasteiger partial charge on any atom is 0.472 e. The van der Waals surface area contributed by atoms with E-state index in [0.29, 0.717) is 23.9 Å². The van der Waals surface area contributed by atoms with Gasteiger partial charge in [0.2, 0.25) is 0 Å². The van der Waals surface area contributed by atoms with E-state index < -0.39 is 26.5 Å². The smallest absolute Gasteiger partial charge is 0.462 e. The van der Waals surface area contributed by atoms with Gasteiger partial charge in [-0.1, -0.05) is 331 Å². The third kappa shape index (κ3) is 68.7. The number of esters is 2. The molecule has 2 unspecified atom stereocenters. The summed E-state index contributed by atoms with van der Waals surface area (Å²) >= 11 is 0. The van der Waals surface area contributed by atoms with E-state index in [1.54, 1.807) is 0 Å². The number of carbonyl (C=O) groups is 2. The molecule has 83 heavy (non-hydrogen) atoms. The third-order valence-electron chi connectivity index (χ3n) is 15.8. The standard InChI is InChI=1S/C73H136NO8P/c1-6-8-10-12-14-16-18-20-22-24-26-28-30-32-34-36-38-39-41-43-45-47-49-51-53-55-57-59-61-63-65-72(75)79-69-71(70-81-83(77,78)80-68-67-74(3,4)5)82-73(76)66-64-62-60-58-56-54-52-50-48-46-44-42-40-37-35-33-31-29-27-25-23-21-19-17-15-13-11-9-7-2/h9,11,15,17,21,23,27,29,33,35,71H,6-8,10,12-14,16,18-20,22,24-26,28,30-32,34,36-70H2,1-5H3/p+1/b11-9-,17-15-,23-21-,29-27-,35-33-. The molecule has 9 nitrogen and oxygen atoms in total. The van der Waals surface area contributed by atoms with E-state index in [1.807, 2.05) is 21.1 Å². The molecule has 0 aliphatic rings. The van der Waals surface area contributed by atoms with Crippen molar-refractivity contribution >= 4 is 19.8 Å². The highest BCUT2D eigenvalue weighted by Crippen LogP contribution is 2.43. The van der Waals surface area contributed by atoms with Crippen molar-refractivity contribution in [3.63, 3.8) is 0 Å². The van der Waals surface area contributed by atoms with Gasteiger partial charge in [-0.2, -0.15) is 0 Å². The molecule has 0 aromatic heterocycles. The first-order valence-corrected chi connectivity index (χ1v) is 37.0. The molecule has 0 spiro atoms. The van der Waals surface area contributed by atoms with Crippen LogP contribution in [0.25, 0.3) is 0 Å². The van der Waals surface area contributed by atoms with E-state index in [0.717, 1.165) is 70.6 Å². The van der Waals surface area contributed by atoms with E-state index in [4.69, 9.17) is 18.5 Å². The molecular formula is C73H137NO8P+. The number of phosphoric ester groups is 1. The first-order valence-electron chi connectivity index (χ1n) is 35.5. The van der Waals surface area contributed by atoms with Crippen LogP contribution in [0.5, 0.6) is 0 Å². The highest BCUT2D eigenvalue weighted by atomic mass is 31.2. The number of rotatable bonds is 66. The molecular weight excluding hydrogens is 1050 g/mol. The van der Waals surface area contributed by atoms with Crippen LogP contribution >= 0.6 is 7.82 Å². The van der Waals surface area contributed by atoms with Crippen LogP contribution in [0.15, 0.2) is 60.8 Å². The van der Waals surface area contributed by atoms with Gasteiger partial charge in [0.15, 0.2) is 6.10 Å². The van der Waals surface area contributed by atoms with E-state index in [-0.39, 0.29) is 25.6 Å². The fraction of sp³-hybridized carbons (Fsp3) is 0.836. The van der Waals surface area contributed by atoms with Gasteiger partial charge >= 0.3 is 19.8 Å². The Morgan fingerprint density at radius 1 is 0.386 bits per heavy atom. The van der Waals surface area contributed by atoms with Gasteiger partial charge in [0.05, 0.1) is 27.7 Å². The Balaban J connectivity index is 4.01. The number of ether oxygens (including phenoxy) is 2. The van der Waals surface area contributed by atoms with Crippen molar-refractivity contribution in [2.75, 3.05) is 47.5 Å². The lowest BCUT2D eigenvalue weighted by Crippen LogP contribution is -2.37. The number of likely N-dealkylation sites (N-methyl/N-ethyl adjacent to an activating group) is 1. The quantitative estimate of drug-likeness (QED) is 0.0211. The first-order chi connectivity index (χ1) is 40.5. The topological polar surface area (TPSA) is 108 Å². The molecule has 0 bridgehead atoms. The third-order valence-corrected chi connectivity index (χ3v) is 16.8. The van der Waals surface area contributed by atoms with Gasteiger partial charge in [-0.3, -0.25) is 18.6 Å². The monoisotopic (exact) mass is 1190 g/mol. The molecule has 0 fully saturated rings. The Bertz CT molecular complexity index is 1580. The number of hydrogen-bond donors (Lipinski definition) is 1. The van der Waals surface area contributed by atoms with Crippen LogP contribution in [-0.4, -0.2) is 74.9 Å². The van der Waals surface area contributed by atoms with E-state index >= 15 is 0 Å². The van der Waals surface area contributed by atoms with Crippen LogP contribution in [0, 0.1) is 0 Å². The van der Waals surface area contributed by atoms with Crippen LogP contribution in [-0.2, 0) is 32.7 Å². The highest BCUT2D eigenvalue weighted by molar-refractivity contribution is 7.47. The predicted molar refractivity (Wildman–Crippen MR) is 358 cm³/mol. The first kappa shape index (κ1) is 80.7. The second-order valence-corrected chi connectivity index (χ2v) is 26.7. The molecule has 10 heteroatoms. The molecule has 0 aliphatic heterocycles. The number of phosphoric acid groups is 1. The minimum Gasteiger partial charge on any atom is -0.462 e. The molecule has 0 amide bonds. The number of quaternary nitrogens is 1. The van der Waals surface area contributed by atoms with Crippen molar-refractivity contribution in [3.8, 4) is 0 Å². The highest BCUT2D eigenvalue weighted by Gasteiger charge is 2.27. The van der Waals surface area contributed by atoms with Crippen LogP contribution in [0.1, 0.15) is 341 Å². The van der Waals surface area contributed by atoms with Crippen LogP contribution < -0.4 is 0 Å². The lowest BCUT2D eigenvalue weighted by Gasteiger charge is -2.24. The van der Waals surface area contributed by atoms with Crippen molar-refractivity contribution < 1.29 is 42.1 Å². The summed E-state index contributed by atoms with van der Waals surface area (Å²) in [6.45, 7) is 4.38. The Morgan fingerprint density at radius 2 is 0.687 bits per heavy atom. The molecule has 0 saturated heterocycles. The molecule has 0 saturated carbocycles. The Morgan fingerprint density at radius 3 is 1.02 bits per heavy atom. The number of unbranched alkanes of at least 4 members (excludes halogenated alkanes) is 42. The van der Waals surface area contributed by atoms with Crippen molar-refractivity contribution in [1.29, 1.82) is 0 Å². The van der Waals surface area contributed by atoms with Gasteiger partial charge in [-0.25, -0.2) is 4.57 Å². The van der Waals surface area contributed by atoms with Crippen molar-refractivity contribution in [3.05, 3.63) is 60.8 Å². The van der Waals surface area contributed by atoms with E-state index in [2.05, 4.69) is 74.6 Å². The van der Waals surface area contributed by atoms with Crippen LogP contribution in [0.2, 0.25) is 0 Å². The Labute approximate surface area is 515 Å². The number of nitrogens with zero attached hydrogens (tertiary/aromatic N) is 1. The second kappa shape index (κ2) is 64.2. The molecule has 0 rings (SSSR count). The average Bonchev–Trinajstić information content (AvgIpc) is 3.49. The van der Waals surface area contributed by atoms with Crippen molar-refractivity contribution in [2.24, 2.45) is 0 Å². The maximum absolute atomic E-state index is 12.9. The molecule has 0 radical (unpaired) electrons. The predicted octanol–water partition coefficient (Wildman–Crippen LogP) is 23.0. The molecule has 2 atom stereocenters. The Kier molecular flexibility index (Phi) is 62.4. The largest absolute Gasteiger partial charge is 0.472 e. The van der Waals surface area contributed by atoms with Gasteiger partial charge in [0.1, 0.15) is 19.8 Å². The van der Waals surface area contributed by atoms with Gasteiger partial charge < -0.3 is 18.9 Å². The summed E-state index contributed by atoms with van der Waals surface area (Å²) in [4.78, 5) is 35.9. The summed E-state index contributed by atoms with van der Waals surface area (Å²) in [5, 5.41) is 0. The van der Waals surface area contributed by atoms with Gasteiger partial charge in [0, 0.05) is 12.8 Å². The fourth-order valence-corrected chi connectivity index (χ4v) is 11.1. The number of carbonyl (C=O) groups excluding carboxylic acids is 2. The molecule has 486 valence electrons. The zero-order chi connectivity index (χ0) is 60.5. The zero-order valence-electron chi connectivity index (χ0n) is 55.4. The van der Waals surface area contributed by atoms with Gasteiger partial charge in [-0.15, -0.1) is 0 Å². The summed E-state index contributed by atoms with van der Waals surface area (Å²) in [5.74, 6) is -0.782. The molecule has 0 aromatic carbocycles. The minimum absolute atomic E-state index is 0.0321. The maximum atomic E-state index is 12.9.